The van der Waals surface area contributed by atoms with Gasteiger partial charge in [0.2, 0.25) is 10.0 Å². The fraction of sp³-hybridized carbons (Fsp3) is 1.00. The molecule has 0 amide bonds. The summed E-state index contributed by atoms with van der Waals surface area (Å²) in [7, 11) is -3.62. The number of hydrogen-bond acceptors (Lipinski definition) is 3. The molecule has 7 heteroatoms. The molecule has 4 nitrogen and oxygen atoms in total. The average molecular weight is 259 g/mol. The summed E-state index contributed by atoms with van der Waals surface area (Å²) >= 11 is 0. The van der Waals surface area contributed by atoms with E-state index in [0.29, 0.717) is 0 Å². The molecule has 0 aliphatic carbocycles. The lowest BCUT2D eigenvalue weighted by molar-refractivity contribution is -0.00824. The normalized spacial score (nSPS) is 15.4. The molecule has 0 aliphatic rings. The second-order valence-electron chi connectivity index (χ2n) is 4.82. The summed E-state index contributed by atoms with van der Waals surface area (Å²) in [5.41, 5.74) is -0.367. The van der Waals surface area contributed by atoms with Crippen molar-refractivity contribution in [3.63, 3.8) is 0 Å². The van der Waals surface area contributed by atoms with Gasteiger partial charge in [-0.1, -0.05) is 20.8 Å². The van der Waals surface area contributed by atoms with Crippen molar-refractivity contribution in [3.8, 4) is 0 Å². The molecule has 0 heterocycles. The van der Waals surface area contributed by atoms with Gasteiger partial charge in [-0.2, -0.15) is 0 Å². The highest BCUT2D eigenvalue weighted by Crippen LogP contribution is 2.27. The van der Waals surface area contributed by atoms with Gasteiger partial charge in [-0.05, 0) is 5.41 Å². The Labute approximate surface area is 95.2 Å². The minimum absolute atomic E-state index is 0.0374. The van der Waals surface area contributed by atoms with Crippen molar-refractivity contribution >= 4 is 10.0 Å². The van der Waals surface area contributed by atoms with Gasteiger partial charge in [0.15, 0.2) is 0 Å². The van der Waals surface area contributed by atoms with Crippen LogP contribution in [0.3, 0.4) is 0 Å². The number of sulfonamides is 1. The molecule has 2 N–H and O–H groups in total. The van der Waals surface area contributed by atoms with Crippen molar-refractivity contribution < 1.29 is 21.9 Å². The van der Waals surface area contributed by atoms with Crippen LogP contribution in [0.5, 0.6) is 0 Å². The Morgan fingerprint density at radius 1 is 1.25 bits per heavy atom. The van der Waals surface area contributed by atoms with E-state index in [1.54, 1.807) is 0 Å². The van der Waals surface area contributed by atoms with Crippen molar-refractivity contribution in [1.29, 1.82) is 0 Å². The first-order valence-electron chi connectivity index (χ1n) is 4.88. The summed E-state index contributed by atoms with van der Waals surface area (Å²) in [5, 5.41) is 4.93. The van der Waals surface area contributed by atoms with E-state index < -0.39 is 29.0 Å². The quantitative estimate of drug-likeness (QED) is 0.779. The molecule has 0 saturated heterocycles. The van der Waals surface area contributed by atoms with E-state index in [1.807, 2.05) is 20.8 Å². The maximum atomic E-state index is 11.9. The average Bonchev–Trinajstić information content (AvgIpc) is 1.97. The SMILES string of the molecule is CC(C)(C)C(COCC(F)F)CS(N)(=O)=O. The van der Waals surface area contributed by atoms with Gasteiger partial charge in [0.25, 0.3) is 6.43 Å². The topological polar surface area (TPSA) is 69.4 Å². The minimum Gasteiger partial charge on any atom is -0.375 e. The van der Waals surface area contributed by atoms with Gasteiger partial charge in [-0.15, -0.1) is 0 Å². The molecule has 0 aromatic carbocycles. The predicted molar refractivity (Wildman–Crippen MR) is 57.7 cm³/mol. The fourth-order valence-corrected chi connectivity index (χ4v) is 2.28. The Hall–Kier alpha value is -0.270. The number of halogens is 2. The summed E-state index contributed by atoms with van der Waals surface area (Å²) in [5.74, 6) is -0.666. The molecule has 0 aromatic rings. The molecule has 0 rings (SSSR count). The number of ether oxygens (including phenoxy) is 1. The van der Waals surface area contributed by atoms with E-state index in [4.69, 9.17) is 9.88 Å². The zero-order valence-corrected chi connectivity index (χ0v) is 10.6. The van der Waals surface area contributed by atoms with Gasteiger partial charge < -0.3 is 4.74 Å². The van der Waals surface area contributed by atoms with Gasteiger partial charge in [0.1, 0.15) is 6.61 Å². The molecule has 0 spiro atoms. The zero-order chi connectivity index (χ0) is 13.0. The first-order chi connectivity index (χ1) is 7.02. The second kappa shape index (κ2) is 5.88. The van der Waals surface area contributed by atoms with Crippen LogP contribution >= 0.6 is 0 Å². The third-order valence-corrected chi connectivity index (χ3v) is 3.09. The van der Waals surface area contributed by atoms with Crippen LogP contribution in [0.15, 0.2) is 0 Å². The molecule has 0 radical (unpaired) electrons. The smallest absolute Gasteiger partial charge is 0.261 e. The maximum Gasteiger partial charge on any atom is 0.261 e. The molecule has 16 heavy (non-hydrogen) atoms. The highest BCUT2D eigenvalue weighted by Gasteiger charge is 2.28. The third kappa shape index (κ3) is 7.95. The first-order valence-corrected chi connectivity index (χ1v) is 6.60. The maximum absolute atomic E-state index is 11.9. The van der Waals surface area contributed by atoms with E-state index >= 15 is 0 Å². The van der Waals surface area contributed by atoms with Gasteiger partial charge >= 0.3 is 0 Å². The van der Waals surface area contributed by atoms with Crippen molar-refractivity contribution in [2.24, 2.45) is 16.5 Å². The fourth-order valence-electron chi connectivity index (χ4n) is 1.13. The Balaban J connectivity index is 4.35. The molecule has 98 valence electrons. The van der Waals surface area contributed by atoms with Crippen molar-refractivity contribution in [1.82, 2.24) is 0 Å². The lowest BCUT2D eigenvalue weighted by atomic mass is 9.82. The molecule has 1 unspecified atom stereocenters. The van der Waals surface area contributed by atoms with E-state index in [2.05, 4.69) is 0 Å². The predicted octanol–water partition coefficient (Wildman–Crippen LogP) is 1.22. The first kappa shape index (κ1) is 15.7. The summed E-state index contributed by atoms with van der Waals surface area (Å²) in [4.78, 5) is 0. The number of nitrogens with two attached hydrogens (primary N) is 1. The van der Waals surface area contributed by atoms with Crippen LogP contribution in [0.25, 0.3) is 0 Å². The molecule has 0 aromatic heterocycles. The van der Waals surface area contributed by atoms with Gasteiger partial charge in [0.05, 0.1) is 12.4 Å². The van der Waals surface area contributed by atoms with Crippen molar-refractivity contribution in [2.45, 2.75) is 27.2 Å². The van der Waals surface area contributed by atoms with E-state index in [0.717, 1.165) is 0 Å². The van der Waals surface area contributed by atoms with Crippen LogP contribution in [0.4, 0.5) is 8.78 Å². The number of rotatable bonds is 6. The van der Waals surface area contributed by atoms with Crippen LogP contribution < -0.4 is 5.14 Å². The highest BCUT2D eigenvalue weighted by atomic mass is 32.2. The molecule has 1 atom stereocenters. The number of alkyl halides is 2. The van der Waals surface area contributed by atoms with Crippen molar-refractivity contribution in [2.75, 3.05) is 19.0 Å². The number of primary sulfonamides is 1. The standard InChI is InChI=1S/C9H19F2NO3S/c1-9(2,3)7(6-16(12,13)14)4-15-5-8(10)11/h7-8H,4-6H2,1-3H3,(H2,12,13,14). The van der Waals surface area contributed by atoms with Crippen LogP contribution in [0, 0.1) is 11.3 Å². The van der Waals surface area contributed by atoms with Crippen LogP contribution in [-0.2, 0) is 14.8 Å². The summed E-state index contributed by atoms with van der Waals surface area (Å²) in [6, 6.07) is 0. The van der Waals surface area contributed by atoms with Crippen LogP contribution in [0.1, 0.15) is 20.8 Å². The molecular weight excluding hydrogens is 240 g/mol. The Kier molecular flexibility index (Phi) is 5.78. The summed E-state index contributed by atoms with van der Waals surface area (Å²) in [6.07, 6.45) is -2.55. The molecule has 0 saturated carbocycles. The number of hydrogen-bond donors (Lipinski definition) is 1. The largest absolute Gasteiger partial charge is 0.375 e. The molecule has 0 aliphatic heterocycles. The monoisotopic (exact) mass is 259 g/mol. The van der Waals surface area contributed by atoms with E-state index in [9.17, 15) is 17.2 Å². The summed E-state index contributed by atoms with van der Waals surface area (Å²) < 4.78 is 50.4. The lowest BCUT2D eigenvalue weighted by Crippen LogP contribution is -2.35. The van der Waals surface area contributed by atoms with Gasteiger partial charge in [0, 0.05) is 5.92 Å². The highest BCUT2D eigenvalue weighted by molar-refractivity contribution is 7.89. The van der Waals surface area contributed by atoms with Crippen molar-refractivity contribution in [3.05, 3.63) is 0 Å². The second-order valence-corrected chi connectivity index (χ2v) is 6.48. The van der Waals surface area contributed by atoms with Crippen LogP contribution in [-0.4, -0.2) is 33.8 Å². The van der Waals surface area contributed by atoms with Gasteiger partial charge in [-0.25, -0.2) is 22.3 Å². The Bertz CT molecular complexity index is 298. The zero-order valence-electron chi connectivity index (χ0n) is 9.74. The minimum atomic E-state index is -3.62. The lowest BCUT2D eigenvalue weighted by Gasteiger charge is -2.29. The van der Waals surface area contributed by atoms with E-state index in [-0.39, 0.29) is 17.8 Å². The Morgan fingerprint density at radius 3 is 2.06 bits per heavy atom. The van der Waals surface area contributed by atoms with Crippen LogP contribution in [0.2, 0.25) is 0 Å². The molecule has 0 fully saturated rings. The summed E-state index contributed by atoms with van der Waals surface area (Å²) in [6.45, 7) is 4.72. The molecule has 0 bridgehead atoms. The third-order valence-electron chi connectivity index (χ3n) is 2.22. The molecular formula is C9H19F2NO3S. The Morgan fingerprint density at radius 2 is 1.75 bits per heavy atom. The van der Waals surface area contributed by atoms with E-state index in [1.165, 1.54) is 0 Å². The van der Waals surface area contributed by atoms with Gasteiger partial charge in [-0.3, -0.25) is 0 Å².